The van der Waals surface area contributed by atoms with Crippen molar-refractivity contribution in [2.75, 3.05) is 26.9 Å². The smallest absolute Gasteiger partial charge is 0.306 e. The Bertz CT molecular complexity index is 1420. The van der Waals surface area contributed by atoms with Gasteiger partial charge in [-0.05, 0) is 72.5 Å². The maximum atomic E-state index is 15.1. The number of nitrogens with zero attached hydrogens (tertiary/aromatic N) is 2. The number of carboxylic acid groups (broad SMARTS) is 1. The first-order valence-corrected chi connectivity index (χ1v) is 14.0. The van der Waals surface area contributed by atoms with Gasteiger partial charge in [0.1, 0.15) is 17.7 Å². The van der Waals surface area contributed by atoms with Crippen molar-refractivity contribution in [3.63, 3.8) is 0 Å². The molecule has 2 fully saturated rings. The fourth-order valence-electron chi connectivity index (χ4n) is 6.27. The van der Waals surface area contributed by atoms with Crippen molar-refractivity contribution in [2.45, 2.75) is 57.2 Å². The maximum absolute atomic E-state index is 15.1. The van der Waals surface area contributed by atoms with Gasteiger partial charge in [-0.3, -0.25) is 9.69 Å². The van der Waals surface area contributed by atoms with Crippen LogP contribution in [0.3, 0.4) is 0 Å². The van der Waals surface area contributed by atoms with E-state index < -0.39 is 11.9 Å². The van der Waals surface area contributed by atoms with Gasteiger partial charge in [-0.2, -0.15) is 0 Å². The number of aryl methyl sites for hydroxylation is 1. The summed E-state index contributed by atoms with van der Waals surface area (Å²) in [5, 5.41) is 9.33. The van der Waals surface area contributed by atoms with Crippen molar-refractivity contribution in [2.24, 2.45) is 5.92 Å². The van der Waals surface area contributed by atoms with E-state index in [1.165, 1.54) is 13.3 Å². The molecular weight excluding hydrogens is 511 g/mol. The summed E-state index contributed by atoms with van der Waals surface area (Å²) in [5.41, 5.74) is 5.55. The molecule has 1 aromatic heterocycles. The van der Waals surface area contributed by atoms with E-state index in [2.05, 4.69) is 22.0 Å². The molecule has 2 aromatic carbocycles. The molecule has 7 nitrogen and oxygen atoms in total. The van der Waals surface area contributed by atoms with Crippen LogP contribution in [0.4, 0.5) is 4.39 Å². The predicted molar refractivity (Wildman–Crippen MR) is 148 cm³/mol. The van der Waals surface area contributed by atoms with E-state index in [1.807, 2.05) is 24.3 Å². The first-order chi connectivity index (χ1) is 19.3. The second kappa shape index (κ2) is 10.8. The van der Waals surface area contributed by atoms with Crippen LogP contribution in [0.5, 0.6) is 11.6 Å². The van der Waals surface area contributed by atoms with Gasteiger partial charge >= 0.3 is 5.97 Å². The summed E-state index contributed by atoms with van der Waals surface area (Å²) in [6.07, 6.45) is 5.46. The zero-order chi connectivity index (χ0) is 27.9. The minimum atomic E-state index is -0.805. The molecule has 0 amide bonds. The van der Waals surface area contributed by atoms with Gasteiger partial charge < -0.3 is 19.3 Å². The van der Waals surface area contributed by atoms with Gasteiger partial charge in [0, 0.05) is 18.2 Å². The molecule has 210 valence electrons. The van der Waals surface area contributed by atoms with E-state index in [0.717, 1.165) is 79.0 Å². The fourth-order valence-corrected chi connectivity index (χ4v) is 6.27. The lowest BCUT2D eigenvalue weighted by molar-refractivity contribution is -0.141. The highest BCUT2D eigenvalue weighted by atomic mass is 19.1. The van der Waals surface area contributed by atoms with Crippen LogP contribution in [0.2, 0.25) is 0 Å². The number of fused-ring (bicyclic) bond motifs is 1. The van der Waals surface area contributed by atoms with Crippen molar-refractivity contribution < 1.29 is 28.5 Å². The molecule has 0 saturated carbocycles. The normalized spacial score (nSPS) is 20.4. The number of hydrogen-bond acceptors (Lipinski definition) is 6. The quantitative estimate of drug-likeness (QED) is 0.394. The van der Waals surface area contributed by atoms with E-state index >= 15 is 4.39 Å². The Kier molecular flexibility index (Phi) is 7.23. The first-order valence-electron chi connectivity index (χ1n) is 14.0. The molecule has 2 saturated heterocycles. The number of methoxy groups -OCH3 is 1. The molecule has 4 heterocycles. The third-order valence-electron chi connectivity index (χ3n) is 8.71. The third-order valence-corrected chi connectivity index (χ3v) is 8.71. The summed E-state index contributed by atoms with van der Waals surface area (Å²) in [6.45, 7) is 4.88. The van der Waals surface area contributed by atoms with Crippen LogP contribution < -0.4 is 9.47 Å². The minimum Gasteiger partial charge on any atom is -0.485 e. The first kappa shape index (κ1) is 26.7. The average Bonchev–Trinajstić information content (AvgIpc) is 3.37. The zero-order valence-electron chi connectivity index (χ0n) is 23.0. The Balaban J connectivity index is 1.32. The fraction of sp³-hybridized carbons (Fsp3) is 0.438. The SMILES string of the molecule is COc1cc(-c2ccc([C@@H]3CCc4ccc(CC(C)C(=O)O)cc4O3)cc2CN2CCCC23COC3)c(F)cn1. The topological polar surface area (TPSA) is 81.1 Å². The van der Waals surface area contributed by atoms with Crippen LogP contribution in [0.15, 0.2) is 48.7 Å². The number of aromatic nitrogens is 1. The molecule has 0 bridgehead atoms. The zero-order valence-corrected chi connectivity index (χ0v) is 23.0. The number of hydrogen-bond donors (Lipinski definition) is 1. The van der Waals surface area contributed by atoms with Crippen LogP contribution in [0, 0.1) is 11.7 Å². The number of pyridine rings is 1. The second-order valence-electron chi connectivity index (χ2n) is 11.4. The van der Waals surface area contributed by atoms with Gasteiger partial charge in [0.25, 0.3) is 0 Å². The summed E-state index contributed by atoms with van der Waals surface area (Å²) in [5.74, 6) is -0.470. The molecule has 0 aliphatic carbocycles. The van der Waals surface area contributed by atoms with Crippen LogP contribution >= 0.6 is 0 Å². The number of carbonyl (C=O) groups is 1. The molecule has 0 radical (unpaired) electrons. The Morgan fingerprint density at radius 2 is 2.08 bits per heavy atom. The summed E-state index contributed by atoms with van der Waals surface area (Å²) in [4.78, 5) is 17.9. The molecule has 3 aliphatic heterocycles. The van der Waals surface area contributed by atoms with E-state index in [-0.39, 0.29) is 17.5 Å². The van der Waals surface area contributed by atoms with Gasteiger partial charge in [-0.15, -0.1) is 0 Å². The number of benzene rings is 2. The molecule has 6 rings (SSSR count). The number of halogens is 1. The summed E-state index contributed by atoms with van der Waals surface area (Å²) in [7, 11) is 1.53. The van der Waals surface area contributed by atoms with Crippen LogP contribution in [-0.4, -0.2) is 53.4 Å². The molecule has 1 unspecified atom stereocenters. The van der Waals surface area contributed by atoms with Crippen molar-refractivity contribution in [1.82, 2.24) is 9.88 Å². The highest BCUT2D eigenvalue weighted by Gasteiger charge is 2.47. The summed E-state index contributed by atoms with van der Waals surface area (Å²) < 4.78 is 32.5. The van der Waals surface area contributed by atoms with Gasteiger partial charge in [-0.25, -0.2) is 9.37 Å². The van der Waals surface area contributed by atoms with E-state index in [9.17, 15) is 9.90 Å². The van der Waals surface area contributed by atoms with Crippen LogP contribution in [0.1, 0.15) is 54.5 Å². The molecular formula is C32H35FN2O5. The lowest BCUT2D eigenvalue weighted by Crippen LogP contribution is -2.58. The van der Waals surface area contributed by atoms with Gasteiger partial charge in [0.05, 0.1) is 38.0 Å². The monoisotopic (exact) mass is 546 g/mol. The second-order valence-corrected chi connectivity index (χ2v) is 11.4. The van der Waals surface area contributed by atoms with E-state index in [4.69, 9.17) is 14.2 Å². The van der Waals surface area contributed by atoms with Crippen molar-refractivity contribution in [1.29, 1.82) is 0 Å². The predicted octanol–water partition coefficient (Wildman–Crippen LogP) is 5.59. The highest BCUT2D eigenvalue weighted by Crippen LogP contribution is 2.41. The Labute approximate surface area is 233 Å². The largest absolute Gasteiger partial charge is 0.485 e. The maximum Gasteiger partial charge on any atom is 0.306 e. The lowest BCUT2D eigenvalue weighted by atomic mass is 9.90. The Hall–Kier alpha value is -3.49. The van der Waals surface area contributed by atoms with Crippen molar-refractivity contribution in [3.05, 3.63) is 76.7 Å². The van der Waals surface area contributed by atoms with Crippen LogP contribution in [0.25, 0.3) is 11.1 Å². The number of aliphatic carboxylic acids is 1. The number of ether oxygens (including phenoxy) is 3. The standard InChI is InChI=1S/C32H35FN2O5/c1-20(31(36)37)12-21-4-5-22-7-9-28(40-29(22)13-21)23-6-8-25(26-15-30(38-2)34-16-27(26)33)24(14-23)17-35-11-3-10-32(35)18-39-19-32/h4-6,8,13-16,20,28H,3,7,9-12,17-19H2,1-2H3,(H,36,37)/t20?,28-/m0/s1. The molecule has 8 heteroatoms. The van der Waals surface area contributed by atoms with Gasteiger partial charge in [0.15, 0.2) is 0 Å². The van der Waals surface area contributed by atoms with Crippen LogP contribution in [-0.2, 0) is 28.9 Å². The Morgan fingerprint density at radius 1 is 1.23 bits per heavy atom. The summed E-state index contributed by atoms with van der Waals surface area (Å²) in [6, 6.07) is 13.9. The number of rotatable bonds is 8. The average molecular weight is 547 g/mol. The van der Waals surface area contributed by atoms with Gasteiger partial charge in [-0.1, -0.05) is 37.3 Å². The molecule has 3 aliphatic rings. The minimum absolute atomic E-state index is 0.0749. The molecule has 1 spiro atoms. The third kappa shape index (κ3) is 5.06. The molecule has 1 N–H and O–H groups in total. The Morgan fingerprint density at radius 3 is 2.83 bits per heavy atom. The van der Waals surface area contributed by atoms with Gasteiger partial charge in [0.2, 0.25) is 5.88 Å². The number of likely N-dealkylation sites (tertiary alicyclic amines) is 1. The summed E-state index contributed by atoms with van der Waals surface area (Å²) >= 11 is 0. The molecule has 2 atom stereocenters. The van der Waals surface area contributed by atoms with E-state index in [1.54, 1.807) is 13.0 Å². The molecule has 40 heavy (non-hydrogen) atoms. The molecule has 3 aromatic rings. The lowest BCUT2D eigenvalue weighted by Gasteiger charge is -2.45. The highest BCUT2D eigenvalue weighted by molar-refractivity contribution is 5.70. The van der Waals surface area contributed by atoms with Crippen molar-refractivity contribution in [3.8, 4) is 22.8 Å². The van der Waals surface area contributed by atoms with Crippen molar-refractivity contribution >= 4 is 5.97 Å². The number of carboxylic acids is 1. The van der Waals surface area contributed by atoms with E-state index in [0.29, 0.717) is 24.4 Å².